The normalized spacial score (nSPS) is 14.2. The molecule has 0 spiro atoms. The Morgan fingerprint density at radius 3 is 2.22 bits per heavy atom. The Hall–Kier alpha value is -4.04. The van der Waals surface area contributed by atoms with Crippen molar-refractivity contribution in [2.45, 2.75) is 0 Å². The van der Waals surface area contributed by atoms with Crippen LogP contribution in [0.1, 0.15) is 10.4 Å². The van der Waals surface area contributed by atoms with Crippen LogP contribution in [0.15, 0.2) is 54.9 Å². The Morgan fingerprint density at radius 2 is 1.61 bits per heavy atom. The van der Waals surface area contributed by atoms with Gasteiger partial charge in [-0.05, 0) is 48.5 Å². The highest BCUT2D eigenvalue weighted by Crippen LogP contribution is 2.43. The molecule has 2 aromatic heterocycles. The SMILES string of the molecule is CNC(=O)c1ccc(-c2c[nH]c3ncc(-c4cc(OC)c(N5CCN(C)CC5)c(OC)c4)cc23)cc1. The van der Waals surface area contributed by atoms with E-state index in [-0.39, 0.29) is 5.91 Å². The van der Waals surface area contributed by atoms with E-state index in [1.54, 1.807) is 21.3 Å². The number of pyridine rings is 1. The molecular formula is C28H31N5O3. The third kappa shape index (κ3) is 4.35. The van der Waals surface area contributed by atoms with Crippen LogP contribution >= 0.6 is 0 Å². The van der Waals surface area contributed by atoms with Crippen LogP contribution in [0.4, 0.5) is 5.69 Å². The Morgan fingerprint density at radius 1 is 0.944 bits per heavy atom. The van der Waals surface area contributed by atoms with Crippen molar-refractivity contribution in [2.75, 3.05) is 59.4 Å². The number of anilines is 1. The Kier molecular flexibility index (Phi) is 6.52. The fourth-order valence-electron chi connectivity index (χ4n) is 4.75. The fraction of sp³-hybridized carbons (Fsp3) is 0.286. The van der Waals surface area contributed by atoms with Crippen molar-refractivity contribution < 1.29 is 14.3 Å². The van der Waals surface area contributed by atoms with Crippen molar-refractivity contribution in [3.63, 3.8) is 0 Å². The first-order valence-electron chi connectivity index (χ1n) is 12.0. The van der Waals surface area contributed by atoms with Gasteiger partial charge >= 0.3 is 0 Å². The predicted molar refractivity (Wildman–Crippen MR) is 143 cm³/mol. The second kappa shape index (κ2) is 9.91. The van der Waals surface area contributed by atoms with Gasteiger partial charge in [-0.1, -0.05) is 12.1 Å². The molecule has 0 bridgehead atoms. The summed E-state index contributed by atoms with van der Waals surface area (Å²) in [6.45, 7) is 3.83. The number of benzene rings is 2. The largest absolute Gasteiger partial charge is 0.494 e. The Bertz CT molecular complexity index is 1360. The molecule has 8 nitrogen and oxygen atoms in total. The lowest BCUT2D eigenvalue weighted by atomic mass is 10.0. The lowest BCUT2D eigenvalue weighted by molar-refractivity contribution is 0.0963. The van der Waals surface area contributed by atoms with Crippen LogP contribution in [0.25, 0.3) is 33.3 Å². The maximum Gasteiger partial charge on any atom is 0.251 e. The molecule has 1 fully saturated rings. The number of nitrogens with zero attached hydrogens (tertiary/aromatic N) is 3. The van der Waals surface area contributed by atoms with Crippen LogP contribution in [-0.4, -0.2) is 75.3 Å². The number of amides is 1. The Labute approximate surface area is 210 Å². The number of hydrogen-bond acceptors (Lipinski definition) is 6. The van der Waals surface area contributed by atoms with Gasteiger partial charge in [-0.25, -0.2) is 4.98 Å². The minimum Gasteiger partial charge on any atom is -0.494 e. The van der Waals surface area contributed by atoms with Crippen molar-refractivity contribution >= 4 is 22.6 Å². The summed E-state index contributed by atoms with van der Waals surface area (Å²) in [6, 6.07) is 13.8. The molecule has 2 aromatic carbocycles. The van der Waals surface area contributed by atoms with Gasteiger partial charge in [0, 0.05) is 67.7 Å². The number of rotatable bonds is 6. The van der Waals surface area contributed by atoms with E-state index in [0.717, 1.165) is 76.7 Å². The average molecular weight is 486 g/mol. The molecule has 3 heterocycles. The topological polar surface area (TPSA) is 82.7 Å². The Balaban J connectivity index is 1.54. The molecule has 1 aliphatic heterocycles. The third-order valence-electron chi connectivity index (χ3n) is 6.85. The van der Waals surface area contributed by atoms with E-state index >= 15 is 0 Å². The van der Waals surface area contributed by atoms with Crippen LogP contribution in [0.5, 0.6) is 11.5 Å². The monoisotopic (exact) mass is 485 g/mol. The summed E-state index contributed by atoms with van der Waals surface area (Å²) in [5, 5.41) is 3.66. The van der Waals surface area contributed by atoms with Gasteiger partial charge in [-0.3, -0.25) is 4.79 Å². The van der Waals surface area contributed by atoms with E-state index in [4.69, 9.17) is 9.47 Å². The lowest BCUT2D eigenvalue weighted by Gasteiger charge is -2.35. The maximum absolute atomic E-state index is 11.9. The quantitative estimate of drug-likeness (QED) is 0.429. The van der Waals surface area contributed by atoms with Crippen molar-refractivity contribution in [3.05, 3.63) is 60.4 Å². The van der Waals surface area contributed by atoms with Gasteiger partial charge in [0.25, 0.3) is 5.91 Å². The highest BCUT2D eigenvalue weighted by Gasteiger charge is 2.23. The van der Waals surface area contributed by atoms with Crippen molar-refractivity contribution in [2.24, 2.45) is 0 Å². The highest BCUT2D eigenvalue weighted by molar-refractivity contribution is 5.98. The molecule has 0 atom stereocenters. The fourth-order valence-corrected chi connectivity index (χ4v) is 4.75. The number of aromatic amines is 1. The number of hydrogen-bond donors (Lipinski definition) is 2. The number of carbonyl (C=O) groups is 1. The number of fused-ring (bicyclic) bond motifs is 1. The van der Waals surface area contributed by atoms with Crippen LogP contribution in [0.2, 0.25) is 0 Å². The summed E-state index contributed by atoms with van der Waals surface area (Å²) in [5.41, 5.74) is 6.38. The molecule has 0 saturated carbocycles. The zero-order valence-electron chi connectivity index (χ0n) is 21.1. The smallest absolute Gasteiger partial charge is 0.251 e. The molecule has 4 aromatic rings. The number of carbonyl (C=O) groups excluding carboxylic acids is 1. The van der Waals surface area contributed by atoms with Gasteiger partial charge < -0.3 is 29.6 Å². The molecule has 0 aliphatic carbocycles. The number of methoxy groups -OCH3 is 2. The molecule has 186 valence electrons. The number of ether oxygens (including phenoxy) is 2. The first-order chi connectivity index (χ1) is 17.5. The summed E-state index contributed by atoms with van der Waals surface area (Å²) < 4.78 is 11.7. The second-order valence-corrected chi connectivity index (χ2v) is 9.00. The van der Waals surface area contributed by atoms with Crippen molar-refractivity contribution in [1.29, 1.82) is 0 Å². The molecule has 0 radical (unpaired) electrons. The second-order valence-electron chi connectivity index (χ2n) is 9.00. The zero-order valence-corrected chi connectivity index (χ0v) is 21.1. The predicted octanol–water partition coefficient (Wildman–Crippen LogP) is 4.03. The molecule has 1 saturated heterocycles. The standard InChI is InChI=1S/C28H31N5O3/c1-29-28(34)19-7-5-18(6-8-19)23-17-31-27-22(23)13-21(16-30-27)20-14-24(35-3)26(25(15-20)36-4)33-11-9-32(2)10-12-33/h5-8,13-17H,9-12H2,1-4H3,(H,29,34)(H,30,31). The summed E-state index contributed by atoms with van der Waals surface area (Å²) >= 11 is 0. The zero-order chi connectivity index (χ0) is 25.2. The van der Waals surface area contributed by atoms with E-state index in [9.17, 15) is 4.79 Å². The van der Waals surface area contributed by atoms with Gasteiger partial charge in [0.1, 0.15) is 22.8 Å². The summed E-state index contributed by atoms with van der Waals surface area (Å²) in [6.07, 6.45) is 3.81. The van der Waals surface area contributed by atoms with Crippen LogP contribution in [0, 0.1) is 0 Å². The lowest BCUT2D eigenvalue weighted by Crippen LogP contribution is -2.44. The molecule has 8 heteroatoms. The molecular weight excluding hydrogens is 454 g/mol. The highest BCUT2D eigenvalue weighted by atomic mass is 16.5. The summed E-state index contributed by atoms with van der Waals surface area (Å²) in [7, 11) is 7.17. The van der Waals surface area contributed by atoms with Gasteiger partial charge in [0.2, 0.25) is 0 Å². The van der Waals surface area contributed by atoms with E-state index in [2.05, 4.69) is 50.3 Å². The van der Waals surface area contributed by atoms with Gasteiger partial charge in [-0.2, -0.15) is 0 Å². The molecule has 5 rings (SSSR count). The average Bonchev–Trinajstić information content (AvgIpc) is 3.35. The van der Waals surface area contributed by atoms with Gasteiger partial charge in [-0.15, -0.1) is 0 Å². The van der Waals surface area contributed by atoms with Crippen LogP contribution in [-0.2, 0) is 0 Å². The molecule has 36 heavy (non-hydrogen) atoms. The first-order valence-corrected chi connectivity index (χ1v) is 12.0. The third-order valence-corrected chi connectivity index (χ3v) is 6.85. The van der Waals surface area contributed by atoms with E-state index in [1.807, 2.05) is 36.7 Å². The minimum absolute atomic E-state index is 0.104. The number of aromatic nitrogens is 2. The molecule has 1 amide bonds. The van der Waals surface area contributed by atoms with Crippen molar-refractivity contribution in [3.8, 4) is 33.8 Å². The minimum atomic E-state index is -0.104. The number of H-pyrrole nitrogens is 1. The molecule has 0 unspecified atom stereocenters. The van der Waals surface area contributed by atoms with E-state index in [0.29, 0.717) is 5.56 Å². The summed E-state index contributed by atoms with van der Waals surface area (Å²) in [4.78, 5) is 24.5. The van der Waals surface area contributed by atoms with E-state index in [1.165, 1.54) is 0 Å². The van der Waals surface area contributed by atoms with E-state index < -0.39 is 0 Å². The number of nitrogens with one attached hydrogen (secondary N) is 2. The molecule has 1 aliphatic rings. The van der Waals surface area contributed by atoms with Crippen LogP contribution < -0.4 is 19.7 Å². The van der Waals surface area contributed by atoms with Crippen LogP contribution in [0.3, 0.4) is 0 Å². The first kappa shape index (κ1) is 23.7. The number of likely N-dealkylation sites (N-methyl/N-ethyl adjacent to an activating group) is 1. The van der Waals surface area contributed by atoms with Gasteiger partial charge in [0.15, 0.2) is 0 Å². The maximum atomic E-state index is 11.9. The van der Waals surface area contributed by atoms with Crippen molar-refractivity contribution in [1.82, 2.24) is 20.2 Å². The number of piperazine rings is 1. The molecule has 2 N–H and O–H groups in total. The van der Waals surface area contributed by atoms with Gasteiger partial charge in [0.05, 0.1) is 14.2 Å². The summed E-state index contributed by atoms with van der Waals surface area (Å²) in [5.74, 6) is 1.47.